The molecule has 21 heavy (non-hydrogen) atoms. The molecule has 1 heterocycles. The van der Waals surface area contributed by atoms with Crippen LogP contribution >= 0.6 is 11.3 Å². The molecule has 0 unspecified atom stereocenters. The van der Waals surface area contributed by atoms with Gasteiger partial charge in [-0.3, -0.25) is 14.9 Å². The van der Waals surface area contributed by atoms with Crippen molar-refractivity contribution < 1.29 is 14.5 Å². The molecule has 1 aliphatic rings. The Morgan fingerprint density at radius 3 is 2.81 bits per heavy atom. The summed E-state index contributed by atoms with van der Waals surface area (Å²) in [5, 5.41) is 10.8. The van der Waals surface area contributed by atoms with Gasteiger partial charge in [0.25, 0.3) is 0 Å². The Kier molecular flexibility index (Phi) is 3.31. The van der Waals surface area contributed by atoms with Crippen LogP contribution < -0.4 is 4.74 Å². The highest BCUT2D eigenvalue weighted by Crippen LogP contribution is 2.32. The molecule has 0 aliphatic heterocycles. The predicted molar refractivity (Wildman–Crippen MR) is 80.0 cm³/mol. The van der Waals surface area contributed by atoms with E-state index in [9.17, 15) is 14.9 Å². The Morgan fingerprint density at radius 2 is 2.14 bits per heavy atom. The number of nitrogens with zero attached hydrogens (tertiary/aromatic N) is 1. The Hall–Kier alpha value is -2.47. The minimum atomic E-state index is -0.428. The fourth-order valence-corrected chi connectivity index (χ4v) is 3.12. The second-order valence-electron chi connectivity index (χ2n) is 4.63. The summed E-state index contributed by atoms with van der Waals surface area (Å²) in [6, 6.07) is 8.48. The maximum Gasteiger partial charge on any atom is 0.324 e. The maximum absolute atomic E-state index is 12.3. The molecule has 6 heteroatoms. The third-order valence-corrected chi connectivity index (χ3v) is 4.32. The standard InChI is InChI=1S/C15H11NO4S/c1-20-11-2-4-13-9(7-11)6-10(15(13)17)8-12-3-5-14(21-12)16(18)19/h2-5,7-8H,6H2,1H3. The number of nitro groups is 1. The van der Waals surface area contributed by atoms with Crippen molar-refractivity contribution >= 4 is 28.2 Å². The van der Waals surface area contributed by atoms with Gasteiger partial charge in [0.15, 0.2) is 5.78 Å². The van der Waals surface area contributed by atoms with Gasteiger partial charge in [-0.2, -0.15) is 0 Å². The third kappa shape index (κ3) is 2.45. The van der Waals surface area contributed by atoms with Gasteiger partial charge in [0.1, 0.15) is 5.75 Å². The highest BCUT2D eigenvalue weighted by molar-refractivity contribution is 7.16. The summed E-state index contributed by atoms with van der Waals surface area (Å²) < 4.78 is 5.15. The van der Waals surface area contributed by atoms with Crippen LogP contribution in [-0.4, -0.2) is 17.8 Å². The van der Waals surface area contributed by atoms with Crippen molar-refractivity contribution in [2.45, 2.75) is 6.42 Å². The zero-order valence-corrected chi connectivity index (χ0v) is 12.0. The minimum absolute atomic E-state index is 0.0243. The third-order valence-electron chi connectivity index (χ3n) is 3.34. The van der Waals surface area contributed by atoms with E-state index in [0.29, 0.717) is 22.4 Å². The number of thiophene rings is 1. The zero-order chi connectivity index (χ0) is 15.0. The van der Waals surface area contributed by atoms with E-state index in [1.807, 2.05) is 6.07 Å². The number of hydrogen-bond acceptors (Lipinski definition) is 5. The van der Waals surface area contributed by atoms with Crippen LogP contribution in [-0.2, 0) is 6.42 Å². The van der Waals surface area contributed by atoms with Crippen molar-refractivity contribution in [2.24, 2.45) is 0 Å². The van der Waals surface area contributed by atoms with E-state index < -0.39 is 4.92 Å². The average Bonchev–Trinajstić information content (AvgIpc) is 3.05. The first-order chi connectivity index (χ1) is 10.1. The van der Waals surface area contributed by atoms with Crippen LogP contribution in [0.3, 0.4) is 0 Å². The second kappa shape index (κ2) is 5.14. The number of carbonyl (C=O) groups is 1. The molecule has 1 aromatic carbocycles. The molecule has 1 aromatic heterocycles. The molecule has 0 fully saturated rings. The lowest BCUT2D eigenvalue weighted by molar-refractivity contribution is -0.380. The van der Waals surface area contributed by atoms with Gasteiger partial charge >= 0.3 is 5.00 Å². The van der Waals surface area contributed by atoms with E-state index in [1.165, 1.54) is 6.07 Å². The largest absolute Gasteiger partial charge is 0.497 e. The number of ketones is 1. The number of allylic oxidation sites excluding steroid dienone is 1. The van der Waals surface area contributed by atoms with Gasteiger partial charge in [0.2, 0.25) is 0 Å². The molecule has 0 bridgehead atoms. The Labute approximate surface area is 124 Å². The van der Waals surface area contributed by atoms with Crippen LogP contribution in [0.1, 0.15) is 20.8 Å². The first-order valence-electron chi connectivity index (χ1n) is 6.25. The number of hydrogen-bond donors (Lipinski definition) is 0. The highest BCUT2D eigenvalue weighted by atomic mass is 32.1. The monoisotopic (exact) mass is 301 g/mol. The van der Waals surface area contributed by atoms with Crippen LogP contribution in [0.2, 0.25) is 0 Å². The second-order valence-corrected chi connectivity index (χ2v) is 5.73. The number of Topliss-reactive ketones (excluding diaryl/α,β-unsaturated/α-hetero) is 1. The quantitative estimate of drug-likeness (QED) is 0.494. The summed E-state index contributed by atoms with van der Waals surface area (Å²) in [4.78, 5) is 23.3. The number of ether oxygens (including phenoxy) is 1. The Morgan fingerprint density at radius 1 is 1.33 bits per heavy atom. The van der Waals surface area contributed by atoms with Crippen LogP contribution in [0.25, 0.3) is 6.08 Å². The molecule has 0 spiro atoms. The molecule has 3 rings (SSSR count). The maximum atomic E-state index is 12.3. The molecule has 2 aromatic rings. The summed E-state index contributed by atoms with van der Waals surface area (Å²) >= 11 is 1.06. The highest BCUT2D eigenvalue weighted by Gasteiger charge is 2.25. The lowest BCUT2D eigenvalue weighted by Crippen LogP contribution is -1.94. The molecule has 0 amide bonds. The average molecular weight is 301 g/mol. The van der Waals surface area contributed by atoms with Gasteiger partial charge in [-0.1, -0.05) is 11.3 Å². The van der Waals surface area contributed by atoms with Crippen molar-refractivity contribution in [1.29, 1.82) is 0 Å². The molecule has 1 aliphatic carbocycles. The van der Waals surface area contributed by atoms with E-state index in [2.05, 4.69) is 0 Å². The van der Waals surface area contributed by atoms with E-state index in [4.69, 9.17) is 4.74 Å². The molecule has 106 valence electrons. The first kappa shape index (κ1) is 13.5. The Balaban J connectivity index is 1.92. The van der Waals surface area contributed by atoms with Gasteiger partial charge in [0.05, 0.1) is 12.0 Å². The number of methoxy groups -OCH3 is 1. The van der Waals surface area contributed by atoms with E-state index in [1.54, 1.807) is 31.4 Å². The van der Waals surface area contributed by atoms with Crippen molar-refractivity contribution in [1.82, 2.24) is 0 Å². The minimum Gasteiger partial charge on any atom is -0.497 e. The first-order valence-corrected chi connectivity index (χ1v) is 7.06. The van der Waals surface area contributed by atoms with Gasteiger partial charge in [0, 0.05) is 28.5 Å². The van der Waals surface area contributed by atoms with Crippen LogP contribution in [0.4, 0.5) is 5.00 Å². The molecule has 0 saturated heterocycles. The molecule has 0 atom stereocenters. The molecule has 0 N–H and O–H groups in total. The molecule has 0 saturated carbocycles. The van der Waals surface area contributed by atoms with Crippen molar-refractivity contribution in [2.75, 3.05) is 7.11 Å². The normalized spacial score (nSPS) is 15.3. The summed E-state index contributed by atoms with van der Waals surface area (Å²) in [6.07, 6.45) is 2.25. The number of benzene rings is 1. The predicted octanol–water partition coefficient (Wildman–Crippen LogP) is 3.49. The van der Waals surface area contributed by atoms with E-state index in [0.717, 1.165) is 22.6 Å². The number of carbonyl (C=O) groups excluding carboxylic acids is 1. The summed E-state index contributed by atoms with van der Waals surface area (Å²) in [5.41, 5.74) is 2.25. The van der Waals surface area contributed by atoms with E-state index in [-0.39, 0.29) is 10.8 Å². The van der Waals surface area contributed by atoms with Gasteiger partial charge in [-0.05, 0) is 35.9 Å². The molecule has 0 radical (unpaired) electrons. The van der Waals surface area contributed by atoms with Crippen molar-refractivity contribution in [3.63, 3.8) is 0 Å². The summed E-state index contributed by atoms with van der Waals surface area (Å²) in [6.45, 7) is 0. The smallest absolute Gasteiger partial charge is 0.324 e. The summed E-state index contributed by atoms with van der Waals surface area (Å²) in [5.74, 6) is 0.693. The van der Waals surface area contributed by atoms with Gasteiger partial charge < -0.3 is 4.74 Å². The fraction of sp³-hybridized carbons (Fsp3) is 0.133. The number of fused-ring (bicyclic) bond motifs is 1. The van der Waals surface area contributed by atoms with Crippen molar-refractivity contribution in [3.8, 4) is 5.75 Å². The van der Waals surface area contributed by atoms with Crippen LogP contribution in [0.15, 0.2) is 35.9 Å². The SMILES string of the molecule is COc1ccc2c(c1)CC(=Cc1ccc([N+](=O)[O-])s1)C2=O. The molecular weight excluding hydrogens is 290 g/mol. The van der Waals surface area contributed by atoms with Crippen molar-refractivity contribution in [3.05, 3.63) is 62.0 Å². The molecular formula is C15H11NO4S. The Bertz CT molecular complexity index is 776. The fourth-order valence-electron chi connectivity index (χ4n) is 2.33. The lowest BCUT2D eigenvalue weighted by Gasteiger charge is -2.01. The zero-order valence-electron chi connectivity index (χ0n) is 11.2. The van der Waals surface area contributed by atoms with E-state index >= 15 is 0 Å². The van der Waals surface area contributed by atoms with Crippen LogP contribution in [0.5, 0.6) is 5.75 Å². The molecule has 5 nitrogen and oxygen atoms in total. The lowest BCUT2D eigenvalue weighted by atomic mass is 10.1. The topological polar surface area (TPSA) is 69.4 Å². The number of rotatable bonds is 3. The van der Waals surface area contributed by atoms with Gasteiger partial charge in [-0.25, -0.2) is 0 Å². The summed E-state index contributed by atoms with van der Waals surface area (Å²) in [7, 11) is 1.58. The van der Waals surface area contributed by atoms with Crippen LogP contribution in [0, 0.1) is 10.1 Å². The van der Waals surface area contributed by atoms with Gasteiger partial charge in [-0.15, -0.1) is 0 Å².